The second kappa shape index (κ2) is 10.00. The molecule has 0 aromatic heterocycles. The van der Waals surface area contributed by atoms with Crippen LogP contribution in [0.15, 0.2) is 23.1 Å². The van der Waals surface area contributed by atoms with E-state index in [4.69, 9.17) is 9.47 Å². The zero-order valence-electron chi connectivity index (χ0n) is 17.9. The normalized spacial score (nSPS) is 18.6. The first-order valence-electron chi connectivity index (χ1n) is 10.3. The maximum atomic E-state index is 12.8. The fourth-order valence-corrected chi connectivity index (χ4v) is 4.24. The van der Waals surface area contributed by atoms with Gasteiger partial charge in [0.05, 0.1) is 11.5 Å². The molecule has 0 bridgehead atoms. The molecule has 3 amide bonds. The summed E-state index contributed by atoms with van der Waals surface area (Å²) in [6, 6.07) is 4.87. The summed E-state index contributed by atoms with van der Waals surface area (Å²) in [4.78, 5) is 51.9. The van der Waals surface area contributed by atoms with Crippen molar-refractivity contribution in [2.75, 3.05) is 26.2 Å². The molecule has 0 unspecified atom stereocenters. The number of likely N-dealkylation sites (tertiary alicyclic amines) is 1. The lowest BCUT2D eigenvalue weighted by molar-refractivity contribution is -0.136. The SMILES string of the molecule is CCOc1cc(/C=C2/SC(=O)N(CC(=O)N3CCC(C)CC3)C2=O)ccc1OC(C)=O. The average Bonchev–Trinajstić information content (AvgIpc) is 2.97. The van der Waals surface area contributed by atoms with Crippen molar-refractivity contribution >= 4 is 40.9 Å². The minimum Gasteiger partial charge on any atom is -0.490 e. The van der Waals surface area contributed by atoms with Crippen LogP contribution < -0.4 is 9.47 Å². The third kappa shape index (κ3) is 5.66. The number of nitrogens with zero attached hydrogens (tertiary/aromatic N) is 2. The molecule has 1 aromatic rings. The van der Waals surface area contributed by atoms with Crippen LogP contribution in [0, 0.1) is 5.92 Å². The molecule has 0 saturated carbocycles. The number of carbonyl (C=O) groups is 4. The fraction of sp³-hybridized carbons (Fsp3) is 0.455. The Balaban J connectivity index is 1.73. The number of benzene rings is 1. The monoisotopic (exact) mass is 446 g/mol. The summed E-state index contributed by atoms with van der Waals surface area (Å²) in [5.41, 5.74) is 0.612. The van der Waals surface area contributed by atoms with E-state index in [0.717, 1.165) is 29.5 Å². The molecule has 0 radical (unpaired) electrons. The summed E-state index contributed by atoms with van der Waals surface area (Å²) < 4.78 is 10.6. The maximum Gasteiger partial charge on any atom is 0.308 e. The number of hydrogen-bond acceptors (Lipinski definition) is 7. The van der Waals surface area contributed by atoms with Crippen molar-refractivity contribution in [3.05, 3.63) is 28.7 Å². The van der Waals surface area contributed by atoms with Crippen molar-refractivity contribution in [3.8, 4) is 11.5 Å². The van der Waals surface area contributed by atoms with Crippen LogP contribution in [0.3, 0.4) is 0 Å². The van der Waals surface area contributed by atoms with Crippen LogP contribution in [0.25, 0.3) is 6.08 Å². The molecule has 1 aromatic carbocycles. The number of ether oxygens (including phenoxy) is 2. The lowest BCUT2D eigenvalue weighted by Gasteiger charge is -2.31. The molecule has 166 valence electrons. The van der Waals surface area contributed by atoms with Crippen molar-refractivity contribution in [3.63, 3.8) is 0 Å². The van der Waals surface area contributed by atoms with Gasteiger partial charge >= 0.3 is 5.97 Å². The Bertz CT molecular complexity index is 921. The lowest BCUT2D eigenvalue weighted by Crippen LogP contribution is -2.45. The lowest BCUT2D eigenvalue weighted by atomic mass is 9.99. The fourth-order valence-electron chi connectivity index (χ4n) is 3.40. The van der Waals surface area contributed by atoms with Gasteiger partial charge in [-0.25, -0.2) is 0 Å². The second-order valence-electron chi connectivity index (χ2n) is 7.56. The van der Waals surface area contributed by atoms with Gasteiger partial charge in [-0.3, -0.25) is 24.1 Å². The van der Waals surface area contributed by atoms with Crippen molar-refractivity contribution in [1.29, 1.82) is 0 Å². The molecule has 2 aliphatic heterocycles. The number of esters is 1. The van der Waals surface area contributed by atoms with Crippen LogP contribution in [-0.4, -0.2) is 59.1 Å². The molecule has 0 aliphatic carbocycles. The molecule has 31 heavy (non-hydrogen) atoms. The molecule has 0 spiro atoms. The molecular weight excluding hydrogens is 420 g/mol. The molecule has 2 heterocycles. The first-order valence-corrected chi connectivity index (χ1v) is 11.1. The van der Waals surface area contributed by atoms with Crippen molar-refractivity contribution in [1.82, 2.24) is 9.80 Å². The van der Waals surface area contributed by atoms with E-state index in [1.54, 1.807) is 36.1 Å². The molecule has 0 atom stereocenters. The Morgan fingerprint density at radius 1 is 1.19 bits per heavy atom. The highest BCUT2D eigenvalue weighted by atomic mass is 32.2. The highest BCUT2D eigenvalue weighted by Crippen LogP contribution is 2.35. The van der Waals surface area contributed by atoms with Crippen molar-refractivity contribution in [2.24, 2.45) is 5.92 Å². The van der Waals surface area contributed by atoms with Crippen LogP contribution in [0.2, 0.25) is 0 Å². The molecule has 8 nitrogen and oxygen atoms in total. The van der Waals surface area contributed by atoms with Gasteiger partial charge in [0.25, 0.3) is 11.1 Å². The van der Waals surface area contributed by atoms with E-state index >= 15 is 0 Å². The van der Waals surface area contributed by atoms with Gasteiger partial charge in [-0.05, 0) is 61.2 Å². The quantitative estimate of drug-likeness (QED) is 0.376. The van der Waals surface area contributed by atoms with E-state index in [2.05, 4.69) is 6.92 Å². The van der Waals surface area contributed by atoms with Gasteiger partial charge in [0.1, 0.15) is 6.54 Å². The first kappa shape index (κ1) is 22.9. The Morgan fingerprint density at radius 2 is 1.90 bits per heavy atom. The summed E-state index contributed by atoms with van der Waals surface area (Å²) >= 11 is 0.801. The van der Waals surface area contributed by atoms with Crippen LogP contribution in [0.1, 0.15) is 39.2 Å². The Labute approximate surface area is 185 Å². The number of thioether (sulfide) groups is 1. The average molecular weight is 447 g/mol. The number of imide groups is 1. The molecule has 2 aliphatic rings. The predicted molar refractivity (Wildman–Crippen MR) is 117 cm³/mol. The summed E-state index contributed by atoms with van der Waals surface area (Å²) in [5.74, 6) is 0.0532. The molecule has 2 fully saturated rings. The van der Waals surface area contributed by atoms with Gasteiger partial charge in [-0.2, -0.15) is 0 Å². The number of amides is 3. The van der Waals surface area contributed by atoms with E-state index in [9.17, 15) is 19.2 Å². The third-order valence-electron chi connectivity index (χ3n) is 5.12. The standard InChI is InChI=1S/C22H26N2O6S/c1-4-29-18-11-16(5-6-17(18)30-15(3)25)12-19-21(27)24(22(28)31-19)13-20(26)23-9-7-14(2)8-10-23/h5-6,11-12,14H,4,7-10,13H2,1-3H3/b19-12+. The van der Waals surface area contributed by atoms with Crippen LogP contribution in [-0.2, 0) is 14.4 Å². The van der Waals surface area contributed by atoms with Gasteiger partial charge in [-0.15, -0.1) is 0 Å². The maximum absolute atomic E-state index is 12.8. The van der Waals surface area contributed by atoms with E-state index in [-0.39, 0.29) is 23.1 Å². The largest absolute Gasteiger partial charge is 0.490 e. The Kier molecular flexibility index (Phi) is 7.37. The number of rotatable bonds is 6. The summed E-state index contributed by atoms with van der Waals surface area (Å²) in [6.45, 7) is 6.68. The van der Waals surface area contributed by atoms with Gasteiger partial charge in [0, 0.05) is 20.0 Å². The number of piperidine rings is 1. The van der Waals surface area contributed by atoms with E-state index in [1.807, 2.05) is 0 Å². The summed E-state index contributed by atoms with van der Waals surface area (Å²) in [5, 5.41) is -0.462. The first-order chi connectivity index (χ1) is 14.8. The highest BCUT2D eigenvalue weighted by Gasteiger charge is 2.37. The smallest absolute Gasteiger partial charge is 0.308 e. The van der Waals surface area contributed by atoms with E-state index in [0.29, 0.717) is 36.9 Å². The zero-order chi connectivity index (χ0) is 22.5. The van der Waals surface area contributed by atoms with E-state index in [1.165, 1.54) is 6.92 Å². The minimum atomic E-state index is -0.490. The van der Waals surface area contributed by atoms with Gasteiger partial charge in [0.15, 0.2) is 11.5 Å². The molecule has 3 rings (SSSR count). The topological polar surface area (TPSA) is 93.2 Å². The Morgan fingerprint density at radius 3 is 2.55 bits per heavy atom. The van der Waals surface area contributed by atoms with Gasteiger partial charge in [0.2, 0.25) is 5.91 Å². The highest BCUT2D eigenvalue weighted by molar-refractivity contribution is 8.18. The Hall–Kier alpha value is -2.81. The molecule has 9 heteroatoms. The van der Waals surface area contributed by atoms with Crippen LogP contribution >= 0.6 is 11.8 Å². The van der Waals surface area contributed by atoms with Gasteiger partial charge in [-0.1, -0.05) is 13.0 Å². The molecule has 2 saturated heterocycles. The van der Waals surface area contributed by atoms with Crippen molar-refractivity contribution in [2.45, 2.75) is 33.6 Å². The second-order valence-corrected chi connectivity index (χ2v) is 8.56. The third-order valence-corrected chi connectivity index (χ3v) is 6.03. The summed E-state index contributed by atoms with van der Waals surface area (Å²) in [6.07, 6.45) is 3.43. The minimum absolute atomic E-state index is 0.209. The number of hydrogen-bond donors (Lipinski definition) is 0. The molecular formula is C22H26N2O6S. The zero-order valence-corrected chi connectivity index (χ0v) is 18.7. The van der Waals surface area contributed by atoms with Crippen LogP contribution in [0.5, 0.6) is 11.5 Å². The van der Waals surface area contributed by atoms with Crippen LogP contribution in [0.4, 0.5) is 4.79 Å². The van der Waals surface area contributed by atoms with E-state index < -0.39 is 17.1 Å². The number of carbonyl (C=O) groups excluding carboxylic acids is 4. The predicted octanol–water partition coefficient (Wildman–Crippen LogP) is 3.31. The van der Waals surface area contributed by atoms with Crippen molar-refractivity contribution < 1.29 is 28.7 Å². The van der Waals surface area contributed by atoms with Gasteiger partial charge < -0.3 is 14.4 Å². The summed E-state index contributed by atoms with van der Waals surface area (Å²) in [7, 11) is 0. The molecule has 0 N–H and O–H groups in total.